The molecule has 4 heteroatoms. The van der Waals surface area contributed by atoms with Gasteiger partial charge in [0.25, 0.3) is 5.91 Å². The Morgan fingerprint density at radius 3 is 3.08 bits per heavy atom. The van der Waals surface area contributed by atoms with Gasteiger partial charge in [-0.25, -0.2) is 0 Å². The van der Waals surface area contributed by atoms with Crippen LogP contribution in [0.1, 0.15) is 17.3 Å². The zero-order chi connectivity index (χ0) is 9.68. The molecule has 0 radical (unpaired) electrons. The Bertz CT molecular complexity index is 310. The molecule has 0 spiro atoms. The number of nitrogens with zero attached hydrogens (tertiary/aromatic N) is 2. The summed E-state index contributed by atoms with van der Waals surface area (Å²) in [5, 5.41) is 6.28. The van der Waals surface area contributed by atoms with Crippen molar-refractivity contribution in [2.75, 3.05) is 13.1 Å². The molecule has 1 rings (SSSR count). The first kappa shape index (κ1) is 9.33. The number of nitrogens with one attached hydrogen (secondary N) is 1. The van der Waals surface area contributed by atoms with Crippen molar-refractivity contribution >= 4 is 5.91 Å². The summed E-state index contributed by atoms with van der Waals surface area (Å²) in [5.41, 5.74) is 0.539. The zero-order valence-corrected chi connectivity index (χ0v) is 7.45. The molecular weight excluding hydrogens is 166 g/mol. The highest BCUT2D eigenvalue weighted by Gasteiger charge is 2.13. The molecule has 68 valence electrons. The molecule has 1 amide bonds. The van der Waals surface area contributed by atoms with Crippen LogP contribution in [0.3, 0.4) is 0 Å². The summed E-state index contributed by atoms with van der Waals surface area (Å²) in [5.74, 6) is 2.35. The summed E-state index contributed by atoms with van der Waals surface area (Å²) in [6, 6.07) is 0. The van der Waals surface area contributed by atoms with Crippen molar-refractivity contribution in [2.45, 2.75) is 6.92 Å². The first-order valence-corrected chi connectivity index (χ1v) is 4.01. The molecule has 0 atom stereocenters. The molecule has 0 aliphatic rings. The van der Waals surface area contributed by atoms with E-state index in [1.54, 1.807) is 11.1 Å². The third-order valence-corrected chi connectivity index (χ3v) is 1.70. The quantitative estimate of drug-likeness (QED) is 0.684. The zero-order valence-electron chi connectivity index (χ0n) is 7.45. The van der Waals surface area contributed by atoms with E-state index in [-0.39, 0.29) is 5.91 Å². The molecule has 0 saturated heterocycles. The molecule has 0 fully saturated rings. The minimum atomic E-state index is -0.0887. The smallest absolute Gasteiger partial charge is 0.257 e. The molecule has 1 aromatic rings. The lowest BCUT2D eigenvalue weighted by molar-refractivity contribution is 0.0785. The molecule has 0 aliphatic heterocycles. The highest BCUT2D eigenvalue weighted by Crippen LogP contribution is 2.00. The molecule has 1 N–H and O–H groups in total. The number of hydrogen-bond acceptors (Lipinski definition) is 2. The molecule has 0 unspecified atom stereocenters. The Morgan fingerprint density at radius 1 is 1.85 bits per heavy atom. The summed E-state index contributed by atoms with van der Waals surface area (Å²) >= 11 is 0. The fourth-order valence-corrected chi connectivity index (χ4v) is 0.988. The summed E-state index contributed by atoms with van der Waals surface area (Å²) in [7, 11) is 0. The molecule has 1 heterocycles. The molecule has 0 aromatic carbocycles. The van der Waals surface area contributed by atoms with Crippen molar-refractivity contribution in [3.8, 4) is 12.3 Å². The van der Waals surface area contributed by atoms with Crippen LogP contribution in [0.2, 0.25) is 0 Å². The average Bonchev–Trinajstić information content (AvgIpc) is 2.65. The third kappa shape index (κ3) is 2.09. The van der Waals surface area contributed by atoms with Crippen LogP contribution < -0.4 is 0 Å². The van der Waals surface area contributed by atoms with Gasteiger partial charge in [0.15, 0.2) is 0 Å². The number of aromatic nitrogens is 2. The molecule has 0 saturated carbocycles. The van der Waals surface area contributed by atoms with E-state index in [1.807, 2.05) is 6.92 Å². The molecule has 13 heavy (non-hydrogen) atoms. The number of hydrogen-bond donors (Lipinski definition) is 1. The fourth-order valence-electron chi connectivity index (χ4n) is 0.988. The van der Waals surface area contributed by atoms with Crippen LogP contribution in [0, 0.1) is 12.3 Å². The Morgan fingerprint density at radius 2 is 2.62 bits per heavy atom. The van der Waals surface area contributed by atoms with Crippen molar-refractivity contribution in [3.05, 3.63) is 18.0 Å². The van der Waals surface area contributed by atoms with Gasteiger partial charge in [-0.2, -0.15) is 5.10 Å². The van der Waals surface area contributed by atoms with Crippen molar-refractivity contribution in [3.63, 3.8) is 0 Å². The van der Waals surface area contributed by atoms with Gasteiger partial charge in [-0.15, -0.1) is 6.42 Å². The lowest BCUT2D eigenvalue weighted by Gasteiger charge is -2.16. The maximum atomic E-state index is 11.6. The predicted molar refractivity (Wildman–Crippen MR) is 49.0 cm³/mol. The number of terminal acetylenes is 1. The first-order valence-electron chi connectivity index (χ1n) is 4.01. The van der Waals surface area contributed by atoms with E-state index in [2.05, 4.69) is 16.1 Å². The molecular formula is C9H11N3O. The maximum absolute atomic E-state index is 11.6. The standard InChI is InChI=1S/C9H11N3O/c1-3-5-12(4-2)9(13)8-6-10-11-7-8/h1,6-7H,4-5H2,2H3,(H,10,11). The van der Waals surface area contributed by atoms with Gasteiger partial charge in [0, 0.05) is 12.7 Å². The largest absolute Gasteiger partial charge is 0.328 e. The van der Waals surface area contributed by atoms with Gasteiger partial charge in [-0.3, -0.25) is 9.89 Å². The molecule has 0 aliphatic carbocycles. The Hall–Kier alpha value is -1.76. The number of carbonyl (C=O) groups excluding carboxylic acids is 1. The van der Waals surface area contributed by atoms with Crippen LogP contribution >= 0.6 is 0 Å². The van der Waals surface area contributed by atoms with Gasteiger partial charge in [0.2, 0.25) is 0 Å². The van der Waals surface area contributed by atoms with Crippen LogP contribution in [-0.2, 0) is 0 Å². The van der Waals surface area contributed by atoms with Crippen LogP contribution in [0.25, 0.3) is 0 Å². The second kappa shape index (κ2) is 4.31. The second-order valence-corrected chi connectivity index (χ2v) is 2.51. The van der Waals surface area contributed by atoms with E-state index >= 15 is 0 Å². The van der Waals surface area contributed by atoms with Gasteiger partial charge in [-0.05, 0) is 6.92 Å². The number of amides is 1. The van der Waals surface area contributed by atoms with Crippen LogP contribution in [0.5, 0.6) is 0 Å². The van der Waals surface area contributed by atoms with Crippen LogP contribution in [0.15, 0.2) is 12.4 Å². The minimum absolute atomic E-state index is 0.0887. The van der Waals surface area contributed by atoms with Gasteiger partial charge in [0.05, 0.1) is 18.3 Å². The van der Waals surface area contributed by atoms with Crippen molar-refractivity contribution in [2.24, 2.45) is 0 Å². The van der Waals surface area contributed by atoms with Gasteiger partial charge in [0.1, 0.15) is 0 Å². The SMILES string of the molecule is C#CCN(CC)C(=O)c1cn[nH]c1. The molecule has 1 aromatic heterocycles. The highest BCUT2D eigenvalue weighted by molar-refractivity contribution is 5.93. The lowest BCUT2D eigenvalue weighted by atomic mass is 10.3. The average molecular weight is 177 g/mol. The normalized spacial score (nSPS) is 9.23. The highest BCUT2D eigenvalue weighted by atomic mass is 16.2. The van der Waals surface area contributed by atoms with Gasteiger partial charge < -0.3 is 4.90 Å². The topological polar surface area (TPSA) is 49.0 Å². The monoisotopic (exact) mass is 177 g/mol. The van der Waals surface area contributed by atoms with Crippen molar-refractivity contribution < 1.29 is 4.79 Å². The Balaban J connectivity index is 2.72. The summed E-state index contributed by atoms with van der Waals surface area (Å²) in [4.78, 5) is 13.2. The summed E-state index contributed by atoms with van der Waals surface area (Å²) in [6.07, 6.45) is 8.17. The number of rotatable bonds is 3. The minimum Gasteiger partial charge on any atom is -0.328 e. The predicted octanol–water partition coefficient (Wildman–Crippen LogP) is 0.505. The second-order valence-electron chi connectivity index (χ2n) is 2.51. The van der Waals surface area contributed by atoms with Gasteiger partial charge in [-0.1, -0.05) is 5.92 Å². The van der Waals surface area contributed by atoms with E-state index < -0.39 is 0 Å². The van der Waals surface area contributed by atoms with Gasteiger partial charge >= 0.3 is 0 Å². The van der Waals surface area contributed by atoms with Crippen LogP contribution in [-0.4, -0.2) is 34.1 Å². The van der Waals surface area contributed by atoms with Crippen molar-refractivity contribution in [1.82, 2.24) is 15.1 Å². The van der Waals surface area contributed by atoms with E-state index in [1.165, 1.54) is 6.20 Å². The lowest BCUT2D eigenvalue weighted by Crippen LogP contribution is -2.30. The molecule has 0 bridgehead atoms. The maximum Gasteiger partial charge on any atom is 0.257 e. The Labute approximate surface area is 76.9 Å². The van der Waals surface area contributed by atoms with E-state index in [0.29, 0.717) is 18.7 Å². The van der Waals surface area contributed by atoms with Crippen LogP contribution in [0.4, 0.5) is 0 Å². The van der Waals surface area contributed by atoms with Crippen molar-refractivity contribution in [1.29, 1.82) is 0 Å². The number of carbonyl (C=O) groups is 1. The number of aromatic amines is 1. The van der Waals surface area contributed by atoms with E-state index in [9.17, 15) is 4.79 Å². The number of H-pyrrole nitrogens is 1. The fraction of sp³-hybridized carbons (Fsp3) is 0.333. The summed E-state index contributed by atoms with van der Waals surface area (Å²) in [6.45, 7) is 2.82. The molecule has 4 nitrogen and oxygen atoms in total. The van der Waals surface area contributed by atoms with E-state index in [0.717, 1.165) is 0 Å². The van der Waals surface area contributed by atoms with E-state index in [4.69, 9.17) is 6.42 Å². The third-order valence-electron chi connectivity index (χ3n) is 1.70. The first-order chi connectivity index (χ1) is 6.29. The summed E-state index contributed by atoms with van der Waals surface area (Å²) < 4.78 is 0. The Kier molecular flexibility index (Phi) is 3.09.